The summed E-state index contributed by atoms with van der Waals surface area (Å²) in [4.78, 5) is 3.03. The molecule has 1 aromatic heterocycles. The number of imidazole rings is 1. The minimum atomic E-state index is -0.312. The van der Waals surface area contributed by atoms with Crippen molar-refractivity contribution in [2.45, 2.75) is 6.92 Å². The second kappa shape index (κ2) is 5.09. The summed E-state index contributed by atoms with van der Waals surface area (Å²) in [6.07, 6.45) is 0. The monoisotopic (exact) mass is 414 g/mol. The van der Waals surface area contributed by atoms with Gasteiger partial charge in [-0.2, -0.15) is 0 Å². The maximum atomic E-state index is 13.6. The molecule has 2 aromatic carbocycles. The molecule has 0 radical (unpaired) electrons. The van der Waals surface area contributed by atoms with Crippen molar-refractivity contribution in [1.82, 2.24) is 9.55 Å². The van der Waals surface area contributed by atoms with E-state index in [2.05, 4.69) is 36.8 Å². The van der Waals surface area contributed by atoms with Gasteiger partial charge in [-0.15, -0.1) is 0 Å². The van der Waals surface area contributed by atoms with E-state index in [0.29, 0.717) is 14.8 Å². The van der Waals surface area contributed by atoms with Gasteiger partial charge in [0, 0.05) is 16.2 Å². The van der Waals surface area contributed by atoms with Gasteiger partial charge in [0.15, 0.2) is 4.77 Å². The quantitative estimate of drug-likeness (QED) is 0.508. The molecule has 0 aliphatic rings. The van der Waals surface area contributed by atoms with Crippen molar-refractivity contribution in [2.24, 2.45) is 0 Å². The number of aromatic nitrogens is 2. The van der Waals surface area contributed by atoms with E-state index in [1.807, 2.05) is 29.7 Å². The van der Waals surface area contributed by atoms with Gasteiger partial charge in [0.25, 0.3) is 0 Å². The standard InChI is InChI=1S/C14H9Br2FN2S/c1-7-4-8(2-3-9(7)15)19-13-5-10(16)11(17)6-12(13)18-14(19)20/h2-6H,1H3,(H,18,20). The van der Waals surface area contributed by atoms with Crippen LogP contribution in [0, 0.1) is 17.5 Å². The highest BCUT2D eigenvalue weighted by atomic mass is 79.9. The number of aryl methyl sites for hydroxylation is 1. The van der Waals surface area contributed by atoms with E-state index in [9.17, 15) is 4.39 Å². The summed E-state index contributed by atoms with van der Waals surface area (Å²) in [5.74, 6) is -0.312. The molecule has 0 fully saturated rings. The van der Waals surface area contributed by atoms with E-state index in [1.165, 1.54) is 6.07 Å². The third-order valence-electron chi connectivity index (χ3n) is 3.12. The smallest absolute Gasteiger partial charge is 0.182 e. The number of hydrogen-bond donors (Lipinski definition) is 1. The molecule has 1 N–H and O–H groups in total. The second-order valence-electron chi connectivity index (χ2n) is 4.48. The van der Waals surface area contributed by atoms with Crippen LogP contribution in [0.1, 0.15) is 5.56 Å². The molecular weight excluding hydrogens is 407 g/mol. The Bertz CT molecular complexity index is 883. The molecule has 0 atom stereocenters. The number of aromatic amines is 1. The largest absolute Gasteiger partial charge is 0.330 e. The van der Waals surface area contributed by atoms with Crippen LogP contribution in [0.5, 0.6) is 0 Å². The van der Waals surface area contributed by atoms with Crippen molar-refractivity contribution in [1.29, 1.82) is 0 Å². The number of rotatable bonds is 1. The van der Waals surface area contributed by atoms with Gasteiger partial charge in [-0.3, -0.25) is 4.57 Å². The minimum Gasteiger partial charge on any atom is -0.330 e. The van der Waals surface area contributed by atoms with Crippen molar-refractivity contribution in [3.63, 3.8) is 0 Å². The zero-order valence-corrected chi connectivity index (χ0v) is 14.4. The van der Waals surface area contributed by atoms with Gasteiger partial charge in [0.2, 0.25) is 0 Å². The molecule has 3 aromatic rings. The average molecular weight is 416 g/mol. The van der Waals surface area contributed by atoms with Crippen LogP contribution >= 0.6 is 44.1 Å². The van der Waals surface area contributed by atoms with E-state index in [0.717, 1.165) is 21.2 Å². The Morgan fingerprint density at radius 1 is 1.15 bits per heavy atom. The molecule has 20 heavy (non-hydrogen) atoms. The molecule has 0 unspecified atom stereocenters. The lowest BCUT2D eigenvalue weighted by Gasteiger charge is -2.07. The molecule has 0 saturated heterocycles. The SMILES string of the molecule is Cc1cc(-n2c(=S)[nH]c3cc(F)c(Br)cc32)ccc1Br. The highest BCUT2D eigenvalue weighted by Crippen LogP contribution is 2.27. The fraction of sp³-hybridized carbons (Fsp3) is 0.0714. The number of nitrogens with one attached hydrogen (secondary N) is 1. The molecule has 0 saturated carbocycles. The Labute approximate surface area is 136 Å². The molecule has 1 heterocycles. The summed E-state index contributed by atoms with van der Waals surface area (Å²) in [6.45, 7) is 2.02. The van der Waals surface area contributed by atoms with Crippen LogP contribution in [0.4, 0.5) is 4.39 Å². The maximum absolute atomic E-state index is 13.6. The molecule has 6 heteroatoms. The van der Waals surface area contributed by atoms with Crippen LogP contribution in [0.2, 0.25) is 0 Å². The summed E-state index contributed by atoms with van der Waals surface area (Å²) in [6, 6.07) is 9.15. The van der Waals surface area contributed by atoms with E-state index < -0.39 is 0 Å². The Morgan fingerprint density at radius 2 is 1.90 bits per heavy atom. The Morgan fingerprint density at radius 3 is 2.60 bits per heavy atom. The fourth-order valence-corrected chi connectivity index (χ4v) is 3.02. The van der Waals surface area contributed by atoms with Gasteiger partial charge < -0.3 is 4.98 Å². The first kappa shape index (κ1) is 14.0. The van der Waals surface area contributed by atoms with Gasteiger partial charge in [-0.25, -0.2) is 4.39 Å². The number of nitrogens with zero attached hydrogens (tertiary/aromatic N) is 1. The lowest BCUT2D eigenvalue weighted by atomic mass is 10.2. The van der Waals surface area contributed by atoms with Crippen LogP contribution in [0.15, 0.2) is 39.3 Å². The molecule has 102 valence electrons. The van der Waals surface area contributed by atoms with E-state index in [1.54, 1.807) is 6.07 Å². The first-order valence-electron chi connectivity index (χ1n) is 5.83. The van der Waals surface area contributed by atoms with E-state index in [-0.39, 0.29) is 5.82 Å². The zero-order chi connectivity index (χ0) is 14.4. The van der Waals surface area contributed by atoms with Crippen LogP contribution in [-0.4, -0.2) is 9.55 Å². The molecule has 0 bridgehead atoms. The summed E-state index contributed by atoms with van der Waals surface area (Å²) in [7, 11) is 0. The van der Waals surface area contributed by atoms with Crippen molar-refractivity contribution < 1.29 is 4.39 Å². The van der Waals surface area contributed by atoms with Gasteiger partial charge in [0.05, 0.1) is 15.5 Å². The Kier molecular flexibility index (Phi) is 3.56. The van der Waals surface area contributed by atoms with Gasteiger partial charge in [-0.1, -0.05) is 15.9 Å². The number of H-pyrrole nitrogens is 1. The van der Waals surface area contributed by atoms with E-state index in [4.69, 9.17) is 12.2 Å². The van der Waals surface area contributed by atoms with Gasteiger partial charge >= 0.3 is 0 Å². The minimum absolute atomic E-state index is 0.312. The molecule has 3 rings (SSSR count). The van der Waals surface area contributed by atoms with Crippen LogP contribution in [-0.2, 0) is 0 Å². The normalized spacial score (nSPS) is 11.2. The predicted molar refractivity (Wildman–Crippen MR) is 88.6 cm³/mol. The van der Waals surface area contributed by atoms with Crippen molar-refractivity contribution in [3.8, 4) is 5.69 Å². The van der Waals surface area contributed by atoms with E-state index >= 15 is 0 Å². The first-order chi connectivity index (χ1) is 9.47. The van der Waals surface area contributed by atoms with Crippen molar-refractivity contribution in [3.05, 3.63) is 55.4 Å². The summed E-state index contributed by atoms with van der Waals surface area (Å²) < 4.78 is 17.5. The number of fused-ring (bicyclic) bond motifs is 1. The Balaban J connectivity index is 2.35. The number of benzene rings is 2. The highest BCUT2D eigenvalue weighted by molar-refractivity contribution is 9.10. The predicted octanol–water partition coefficient (Wildman–Crippen LogP) is 5.66. The molecule has 0 amide bonds. The Hall–Kier alpha value is -0.980. The first-order valence-corrected chi connectivity index (χ1v) is 7.83. The lowest BCUT2D eigenvalue weighted by molar-refractivity contribution is 0.623. The molecule has 0 spiro atoms. The second-order valence-corrected chi connectivity index (χ2v) is 6.58. The van der Waals surface area contributed by atoms with Crippen LogP contribution in [0.25, 0.3) is 16.7 Å². The van der Waals surface area contributed by atoms with Gasteiger partial charge in [0.1, 0.15) is 5.82 Å². The zero-order valence-electron chi connectivity index (χ0n) is 10.4. The average Bonchev–Trinajstić information content (AvgIpc) is 2.69. The maximum Gasteiger partial charge on any atom is 0.182 e. The third kappa shape index (κ3) is 2.25. The van der Waals surface area contributed by atoms with Crippen LogP contribution in [0.3, 0.4) is 0 Å². The number of halogens is 3. The molecule has 2 nitrogen and oxygen atoms in total. The van der Waals surface area contributed by atoms with Crippen molar-refractivity contribution in [2.75, 3.05) is 0 Å². The van der Waals surface area contributed by atoms with Crippen molar-refractivity contribution >= 4 is 55.1 Å². The summed E-state index contributed by atoms with van der Waals surface area (Å²) >= 11 is 12.1. The molecular formula is C14H9Br2FN2S. The van der Waals surface area contributed by atoms with Crippen LogP contribution < -0.4 is 0 Å². The third-order valence-corrected chi connectivity index (χ3v) is 4.91. The summed E-state index contributed by atoms with van der Waals surface area (Å²) in [5, 5.41) is 0. The number of hydrogen-bond acceptors (Lipinski definition) is 1. The topological polar surface area (TPSA) is 20.7 Å². The highest BCUT2D eigenvalue weighted by Gasteiger charge is 2.10. The van der Waals surface area contributed by atoms with Gasteiger partial charge in [-0.05, 0) is 64.9 Å². The molecule has 0 aliphatic carbocycles. The summed E-state index contributed by atoms with van der Waals surface area (Å²) in [5.41, 5.74) is 3.57. The molecule has 0 aliphatic heterocycles. The lowest BCUT2D eigenvalue weighted by Crippen LogP contribution is -1.95. The fourth-order valence-electron chi connectivity index (χ4n) is 2.13.